The fraction of sp³-hybridized carbons (Fsp3) is 0.455. The van der Waals surface area contributed by atoms with E-state index in [1.54, 1.807) is 0 Å². The van der Waals surface area contributed by atoms with Gasteiger partial charge in [-0.05, 0) is 6.07 Å². The van der Waals surface area contributed by atoms with E-state index in [0.717, 1.165) is 23.6 Å². The third-order valence-corrected chi connectivity index (χ3v) is 3.65. The molecule has 1 aromatic carbocycles. The lowest BCUT2D eigenvalue weighted by atomic mass is 10.2. The summed E-state index contributed by atoms with van der Waals surface area (Å²) in [5, 5.41) is 12.8. The van der Waals surface area contributed by atoms with Gasteiger partial charge in [0.2, 0.25) is 0 Å². The van der Waals surface area contributed by atoms with Crippen LogP contribution >= 0.6 is 11.8 Å². The van der Waals surface area contributed by atoms with Crippen molar-refractivity contribution >= 4 is 11.8 Å². The smallest absolute Gasteiger partial charge is 0.294 e. The van der Waals surface area contributed by atoms with Crippen molar-refractivity contribution in [3.05, 3.63) is 39.9 Å². The van der Waals surface area contributed by atoms with Crippen molar-refractivity contribution in [1.82, 2.24) is 5.32 Å². The van der Waals surface area contributed by atoms with Crippen LogP contribution in [-0.4, -0.2) is 30.6 Å². The number of rotatable bonds is 6. The topological polar surface area (TPSA) is 73.6 Å². The molecule has 0 saturated carbocycles. The molecular weight excluding hydrogens is 256 g/mol. The van der Waals surface area contributed by atoms with Gasteiger partial charge in [0.25, 0.3) is 5.09 Å². The molecular formula is C11H14N2O4S. The number of nitrogens with zero attached hydrogens (tertiary/aromatic N) is 1. The molecule has 1 aliphatic heterocycles. The number of benzene rings is 1. The molecule has 0 radical (unpaired) electrons. The Labute approximate surface area is 109 Å². The Balaban J connectivity index is 1.92. The van der Waals surface area contributed by atoms with Gasteiger partial charge in [-0.3, -0.25) is 0 Å². The van der Waals surface area contributed by atoms with E-state index < -0.39 is 5.09 Å². The van der Waals surface area contributed by atoms with Crippen LogP contribution in [0.25, 0.3) is 0 Å². The Bertz CT molecular complexity index is 410. The lowest BCUT2D eigenvalue weighted by Crippen LogP contribution is -2.15. The van der Waals surface area contributed by atoms with E-state index in [-0.39, 0.29) is 18.6 Å². The Morgan fingerprint density at radius 2 is 2.28 bits per heavy atom. The Morgan fingerprint density at radius 1 is 1.44 bits per heavy atom. The molecule has 1 atom stereocenters. The molecule has 0 amide bonds. The second-order valence-corrected chi connectivity index (χ2v) is 4.86. The standard InChI is InChI=1S/C11H14N2O4S/c14-13(15)17-7-6-16-10-4-2-1-3-9(10)11-12-5-8-18-11/h1-4,11-12H,5-8H2. The molecule has 18 heavy (non-hydrogen) atoms. The minimum Gasteiger partial charge on any atom is -0.491 e. The Morgan fingerprint density at radius 3 is 3.00 bits per heavy atom. The van der Waals surface area contributed by atoms with Crippen LogP contribution in [0.2, 0.25) is 0 Å². The molecule has 1 heterocycles. The summed E-state index contributed by atoms with van der Waals surface area (Å²) in [7, 11) is 0. The van der Waals surface area contributed by atoms with Crippen LogP contribution in [0.15, 0.2) is 24.3 Å². The van der Waals surface area contributed by atoms with Gasteiger partial charge in [-0.2, -0.15) is 0 Å². The van der Waals surface area contributed by atoms with Crippen LogP contribution in [0.1, 0.15) is 10.9 Å². The molecule has 1 N–H and O–H groups in total. The van der Waals surface area contributed by atoms with Crippen molar-refractivity contribution in [1.29, 1.82) is 0 Å². The highest BCUT2D eigenvalue weighted by atomic mass is 32.2. The molecule has 1 fully saturated rings. The molecule has 0 spiro atoms. The lowest BCUT2D eigenvalue weighted by Gasteiger charge is -2.15. The van der Waals surface area contributed by atoms with E-state index in [1.807, 2.05) is 36.0 Å². The summed E-state index contributed by atoms with van der Waals surface area (Å²) in [5.74, 6) is 1.82. The predicted molar refractivity (Wildman–Crippen MR) is 68.1 cm³/mol. The zero-order chi connectivity index (χ0) is 12.8. The van der Waals surface area contributed by atoms with Crippen molar-refractivity contribution < 1.29 is 14.7 Å². The van der Waals surface area contributed by atoms with Gasteiger partial charge in [0.1, 0.15) is 19.0 Å². The maximum Gasteiger partial charge on any atom is 0.294 e. The van der Waals surface area contributed by atoms with Crippen molar-refractivity contribution in [2.75, 3.05) is 25.5 Å². The van der Waals surface area contributed by atoms with Gasteiger partial charge in [0.05, 0.1) is 5.37 Å². The van der Waals surface area contributed by atoms with Crippen LogP contribution in [0.3, 0.4) is 0 Å². The van der Waals surface area contributed by atoms with Gasteiger partial charge in [0.15, 0.2) is 0 Å². The maximum absolute atomic E-state index is 10.0. The van der Waals surface area contributed by atoms with E-state index in [1.165, 1.54) is 0 Å². The molecule has 98 valence electrons. The minimum absolute atomic E-state index is 0.0629. The zero-order valence-electron chi connectivity index (χ0n) is 9.70. The number of nitrogens with one attached hydrogen (secondary N) is 1. The summed E-state index contributed by atoms with van der Waals surface area (Å²) in [4.78, 5) is 14.2. The molecule has 0 aromatic heterocycles. The molecule has 2 rings (SSSR count). The fourth-order valence-corrected chi connectivity index (χ4v) is 2.80. The lowest BCUT2D eigenvalue weighted by molar-refractivity contribution is -0.757. The average Bonchev–Trinajstić information content (AvgIpc) is 2.88. The summed E-state index contributed by atoms with van der Waals surface area (Å²) in [6, 6.07) is 7.70. The summed E-state index contributed by atoms with van der Waals surface area (Å²) < 4.78 is 5.52. The minimum atomic E-state index is -0.816. The molecule has 7 heteroatoms. The fourth-order valence-electron chi connectivity index (χ4n) is 1.72. The molecule has 6 nitrogen and oxygen atoms in total. The monoisotopic (exact) mass is 270 g/mol. The van der Waals surface area contributed by atoms with E-state index in [2.05, 4.69) is 10.2 Å². The number of hydrogen-bond acceptors (Lipinski definition) is 6. The Kier molecular flexibility index (Phi) is 4.66. The first-order chi connectivity index (χ1) is 8.77. The maximum atomic E-state index is 10.0. The van der Waals surface area contributed by atoms with Crippen LogP contribution < -0.4 is 10.1 Å². The Hall–Kier alpha value is -1.47. The normalized spacial score (nSPS) is 18.6. The van der Waals surface area contributed by atoms with E-state index in [4.69, 9.17) is 4.74 Å². The van der Waals surface area contributed by atoms with Gasteiger partial charge in [0, 0.05) is 17.9 Å². The van der Waals surface area contributed by atoms with Gasteiger partial charge in [-0.15, -0.1) is 21.9 Å². The number of thioether (sulfide) groups is 1. The van der Waals surface area contributed by atoms with Gasteiger partial charge >= 0.3 is 0 Å². The molecule has 1 unspecified atom stereocenters. The summed E-state index contributed by atoms with van der Waals surface area (Å²) in [5.41, 5.74) is 1.07. The van der Waals surface area contributed by atoms with Crippen LogP contribution in [-0.2, 0) is 4.84 Å². The van der Waals surface area contributed by atoms with Crippen LogP contribution in [0.5, 0.6) is 5.75 Å². The first kappa shape index (κ1) is 13.0. The SMILES string of the molecule is O=[N+]([O-])OCCOc1ccccc1C1NCCS1. The predicted octanol–water partition coefficient (Wildman–Crippen LogP) is 1.61. The third kappa shape index (κ3) is 3.51. The van der Waals surface area contributed by atoms with Gasteiger partial charge < -0.3 is 14.9 Å². The van der Waals surface area contributed by atoms with Gasteiger partial charge in [-0.25, -0.2) is 0 Å². The van der Waals surface area contributed by atoms with Crippen molar-refractivity contribution in [2.45, 2.75) is 5.37 Å². The quantitative estimate of drug-likeness (QED) is 0.481. The summed E-state index contributed by atoms with van der Waals surface area (Å²) in [6.45, 7) is 1.08. The zero-order valence-corrected chi connectivity index (χ0v) is 10.5. The van der Waals surface area contributed by atoms with E-state index in [0.29, 0.717) is 0 Å². The summed E-state index contributed by atoms with van der Waals surface area (Å²) in [6.07, 6.45) is 0. The third-order valence-electron chi connectivity index (χ3n) is 2.46. The van der Waals surface area contributed by atoms with Gasteiger partial charge in [-0.1, -0.05) is 18.2 Å². The average molecular weight is 270 g/mol. The largest absolute Gasteiger partial charge is 0.491 e. The molecule has 0 aliphatic carbocycles. The second kappa shape index (κ2) is 6.46. The van der Waals surface area contributed by atoms with Crippen LogP contribution in [0.4, 0.5) is 0 Å². The highest BCUT2D eigenvalue weighted by Gasteiger charge is 2.20. The summed E-state index contributed by atoms with van der Waals surface area (Å²) >= 11 is 1.82. The van der Waals surface area contributed by atoms with Crippen molar-refractivity contribution in [3.63, 3.8) is 0 Å². The second-order valence-electron chi connectivity index (χ2n) is 3.65. The first-order valence-electron chi connectivity index (χ1n) is 5.61. The first-order valence-corrected chi connectivity index (χ1v) is 6.66. The number of hydrogen-bond donors (Lipinski definition) is 1. The van der Waals surface area contributed by atoms with E-state index in [9.17, 15) is 10.1 Å². The van der Waals surface area contributed by atoms with Crippen molar-refractivity contribution in [2.24, 2.45) is 0 Å². The molecule has 1 saturated heterocycles. The van der Waals surface area contributed by atoms with Crippen LogP contribution in [0, 0.1) is 10.1 Å². The highest BCUT2D eigenvalue weighted by molar-refractivity contribution is 7.99. The number of ether oxygens (including phenoxy) is 1. The molecule has 0 bridgehead atoms. The van der Waals surface area contributed by atoms with Crippen molar-refractivity contribution in [3.8, 4) is 5.75 Å². The van der Waals surface area contributed by atoms with E-state index >= 15 is 0 Å². The highest BCUT2D eigenvalue weighted by Crippen LogP contribution is 2.35. The number of para-hydroxylation sites is 1. The molecule has 1 aromatic rings. The molecule has 1 aliphatic rings.